The highest BCUT2D eigenvalue weighted by atomic mass is 79.9. The lowest BCUT2D eigenvalue weighted by Gasteiger charge is -2.07. The molecule has 0 aliphatic rings. The van der Waals surface area contributed by atoms with Crippen molar-refractivity contribution in [3.63, 3.8) is 0 Å². The van der Waals surface area contributed by atoms with E-state index < -0.39 is 11.7 Å². The first-order valence-electron chi connectivity index (χ1n) is 9.46. The predicted octanol–water partition coefficient (Wildman–Crippen LogP) is 5.39. The van der Waals surface area contributed by atoms with Gasteiger partial charge in [0.25, 0.3) is 5.91 Å². The van der Waals surface area contributed by atoms with Crippen molar-refractivity contribution in [2.45, 2.75) is 0 Å². The summed E-state index contributed by atoms with van der Waals surface area (Å²) >= 11 is 3.07. The highest BCUT2D eigenvalue weighted by Crippen LogP contribution is 2.23. The first kappa shape index (κ1) is 22.0. The molecule has 0 atom stereocenters. The molecule has 33 heavy (non-hydrogen) atoms. The molecule has 1 aromatic heterocycles. The van der Waals surface area contributed by atoms with Crippen molar-refractivity contribution in [3.05, 3.63) is 94.3 Å². The Hall–Kier alpha value is -4.25. The van der Waals surface area contributed by atoms with E-state index in [1.165, 1.54) is 24.4 Å². The zero-order chi connectivity index (χ0) is 23.0. The van der Waals surface area contributed by atoms with Crippen LogP contribution in [0.5, 0.6) is 11.5 Å². The molecule has 0 aliphatic heterocycles. The van der Waals surface area contributed by atoms with E-state index in [4.69, 9.17) is 9.68 Å². The van der Waals surface area contributed by atoms with Crippen molar-refractivity contribution < 1.29 is 23.5 Å². The number of para-hydroxylation sites is 1. The first-order valence-corrected chi connectivity index (χ1v) is 10.2. The highest BCUT2D eigenvalue weighted by molar-refractivity contribution is 9.10. The summed E-state index contributed by atoms with van der Waals surface area (Å²) in [5.41, 5.74) is 3.44. The third kappa shape index (κ3) is 5.92. The predicted molar refractivity (Wildman–Crippen MR) is 122 cm³/mol. The number of hydrogen-bond acceptors (Lipinski definition) is 8. The van der Waals surface area contributed by atoms with Crippen LogP contribution in [0, 0.1) is 5.82 Å². The Morgan fingerprint density at radius 3 is 2.67 bits per heavy atom. The summed E-state index contributed by atoms with van der Waals surface area (Å²) in [6, 6.07) is 20.1. The second kappa shape index (κ2) is 10.4. The smallest absolute Gasteiger partial charge is 0.257 e. The van der Waals surface area contributed by atoms with Crippen molar-refractivity contribution in [2.75, 3.05) is 10.8 Å². The number of hydrogen-bond donors (Lipinski definition) is 2. The number of carbonyl (C=O) groups is 1. The van der Waals surface area contributed by atoms with Crippen LogP contribution in [0.2, 0.25) is 0 Å². The number of rotatable bonds is 8. The van der Waals surface area contributed by atoms with Gasteiger partial charge in [0.15, 0.2) is 5.69 Å². The maximum absolute atomic E-state index is 13.3. The fourth-order valence-corrected chi connectivity index (χ4v) is 2.97. The van der Waals surface area contributed by atoms with Gasteiger partial charge in [-0.3, -0.25) is 9.73 Å². The minimum absolute atomic E-state index is 0.0475. The van der Waals surface area contributed by atoms with Gasteiger partial charge >= 0.3 is 0 Å². The van der Waals surface area contributed by atoms with Crippen molar-refractivity contribution >= 4 is 39.6 Å². The molecule has 9 nitrogen and oxygen atoms in total. The van der Waals surface area contributed by atoms with Crippen LogP contribution in [0.25, 0.3) is 0 Å². The van der Waals surface area contributed by atoms with Gasteiger partial charge in [0, 0.05) is 5.56 Å². The molecule has 0 aliphatic carbocycles. The lowest BCUT2D eigenvalue weighted by Crippen LogP contribution is -2.13. The summed E-state index contributed by atoms with van der Waals surface area (Å²) < 4.78 is 23.9. The molecular formula is C22H15BrFN5O4. The Morgan fingerprint density at radius 1 is 1.03 bits per heavy atom. The van der Waals surface area contributed by atoms with Crippen molar-refractivity contribution in [1.82, 2.24) is 10.3 Å². The van der Waals surface area contributed by atoms with Crippen molar-refractivity contribution in [3.8, 4) is 11.5 Å². The normalized spacial score (nSPS) is 10.7. The molecule has 0 bridgehead atoms. The summed E-state index contributed by atoms with van der Waals surface area (Å²) in [5, 5.41) is 13.6. The maximum Gasteiger partial charge on any atom is 0.257 e. The summed E-state index contributed by atoms with van der Waals surface area (Å²) in [6.45, 7) is 0. The Balaban J connectivity index is 1.36. The van der Waals surface area contributed by atoms with Crippen LogP contribution in [0.1, 0.15) is 16.1 Å². The molecule has 166 valence electrons. The number of oxime groups is 1. The first-order chi connectivity index (χ1) is 16.1. The number of aromatic nitrogens is 2. The van der Waals surface area contributed by atoms with Crippen LogP contribution < -0.4 is 15.5 Å². The van der Waals surface area contributed by atoms with Gasteiger partial charge in [-0.05, 0) is 74.8 Å². The number of nitrogens with one attached hydrogen (secondary N) is 2. The largest absolute Gasteiger partial charge is 0.457 e. The fourth-order valence-electron chi connectivity index (χ4n) is 2.59. The molecule has 4 rings (SSSR count). The SMILES string of the molecule is O=C(Nc1nonc1/C=N/ONc1ccc(F)c(Br)c1)c1cccc(Oc2ccccc2)c1. The van der Waals surface area contributed by atoms with Gasteiger partial charge in [-0.25, -0.2) is 9.02 Å². The number of ether oxygens (including phenoxy) is 1. The molecule has 0 saturated heterocycles. The molecule has 3 aromatic carbocycles. The Labute approximate surface area is 195 Å². The lowest BCUT2D eigenvalue weighted by atomic mass is 10.2. The third-order valence-electron chi connectivity index (χ3n) is 4.13. The molecule has 0 saturated carbocycles. The minimum atomic E-state index is -0.450. The number of benzene rings is 3. The van der Waals surface area contributed by atoms with Gasteiger partial charge in [0.05, 0.1) is 10.2 Å². The molecule has 0 spiro atoms. The van der Waals surface area contributed by atoms with Gasteiger partial charge in [-0.1, -0.05) is 29.4 Å². The van der Waals surface area contributed by atoms with Gasteiger partial charge in [-0.15, -0.1) is 0 Å². The average molecular weight is 512 g/mol. The van der Waals surface area contributed by atoms with E-state index in [2.05, 4.69) is 46.8 Å². The third-order valence-corrected chi connectivity index (χ3v) is 4.74. The zero-order valence-electron chi connectivity index (χ0n) is 16.7. The van der Waals surface area contributed by atoms with Gasteiger partial charge in [0.2, 0.25) is 5.82 Å². The van der Waals surface area contributed by atoms with Crippen molar-refractivity contribution in [2.24, 2.45) is 5.16 Å². The van der Waals surface area contributed by atoms with Crippen LogP contribution in [-0.4, -0.2) is 22.4 Å². The standard InChI is InChI=1S/C22H15BrFN5O4/c23-18-12-15(9-10-19(18)24)27-32-25-13-20-21(29-33-28-20)26-22(30)14-5-4-8-17(11-14)31-16-6-2-1-3-7-16/h1-13,27H,(H,26,29,30)/b25-13+. The average Bonchev–Trinajstić information content (AvgIpc) is 3.26. The van der Waals surface area contributed by atoms with E-state index in [1.54, 1.807) is 24.3 Å². The molecule has 2 N–H and O–H groups in total. The number of anilines is 2. The Morgan fingerprint density at radius 2 is 1.85 bits per heavy atom. The number of halogens is 2. The monoisotopic (exact) mass is 511 g/mol. The number of amides is 1. The number of nitrogens with zero attached hydrogens (tertiary/aromatic N) is 3. The second-order valence-corrected chi connectivity index (χ2v) is 7.31. The van der Waals surface area contributed by atoms with E-state index in [1.807, 2.05) is 30.3 Å². The molecule has 4 aromatic rings. The highest BCUT2D eigenvalue weighted by Gasteiger charge is 2.14. The van der Waals surface area contributed by atoms with Gasteiger partial charge < -0.3 is 10.1 Å². The minimum Gasteiger partial charge on any atom is -0.457 e. The van der Waals surface area contributed by atoms with Crippen molar-refractivity contribution in [1.29, 1.82) is 0 Å². The molecule has 0 fully saturated rings. The van der Waals surface area contributed by atoms with E-state index in [9.17, 15) is 9.18 Å². The quantitative estimate of drug-likeness (QED) is 0.241. The summed E-state index contributed by atoms with van der Waals surface area (Å²) in [6.07, 6.45) is 1.19. The van der Waals surface area contributed by atoms with E-state index in [-0.39, 0.29) is 16.0 Å². The maximum atomic E-state index is 13.3. The molecule has 0 radical (unpaired) electrons. The molecule has 1 heterocycles. The van der Waals surface area contributed by atoms with Crippen LogP contribution in [0.15, 0.2) is 87.1 Å². The summed E-state index contributed by atoms with van der Waals surface area (Å²) in [5.74, 6) is 0.340. The molecular weight excluding hydrogens is 497 g/mol. The van der Waals surface area contributed by atoms with E-state index >= 15 is 0 Å². The second-order valence-electron chi connectivity index (χ2n) is 6.45. The number of carbonyl (C=O) groups excluding carboxylic acids is 1. The van der Waals surface area contributed by atoms with E-state index in [0.29, 0.717) is 22.7 Å². The zero-order valence-corrected chi connectivity index (χ0v) is 18.3. The van der Waals surface area contributed by atoms with Crippen LogP contribution in [0.3, 0.4) is 0 Å². The van der Waals surface area contributed by atoms with Crippen LogP contribution in [0.4, 0.5) is 15.9 Å². The summed E-state index contributed by atoms with van der Waals surface area (Å²) in [7, 11) is 0. The van der Waals surface area contributed by atoms with Crippen LogP contribution >= 0.6 is 15.9 Å². The summed E-state index contributed by atoms with van der Waals surface area (Å²) in [4.78, 5) is 17.6. The van der Waals surface area contributed by atoms with Gasteiger partial charge in [0.1, 0.15) is 23.5 Å². The Bertz CT molecular complexity index is 1280. The van der Waals surface area contributed by atoms with E-state index in [0.717, 1.165) is 0 Å². The molecule has 11 heteroatoms. The lowest BCUT2D eigenvalue weighted by molar-refractivity contribution is 0.102. The molecule has 0 unspecified atom stereocenters. The van der Waals surface area contributed by atoms with Gasteiger partial charge in [-0.2, -0.15) is 5.48 Å². The fraction of sp³-hybridized carbons (Fsp3) is 0. The van der Waals surface area contributed by atoms with Crippen LogP contribution in [-0.2, 0) is 4.94 Å². The Kier molecular flexibility index (Phi) is 6.90. The molecule has 1 amide bonds. The topological polar surface area (TPSA) is 111 Å².